The molecule has 4 nitrogen and oxygen atoms in total. The van der Waals surface area contributed by atoms with Gasteiger partial charge in [-0.15, -0.1) is 0 Å². The highest BCUT2D eigenvalue weighted by atomic mass is 35.5. The number of anilines is 3. The summed E-state index contributed by atoms with van der Waals surface area (Å²) in [6.45, 7) is 1.66. The molecule has 1 aromatic heterocycles. The number of nitrogens with one attached hydrogen (secondary N) is 2. The molecule has 0 unspecified atom stereocenters. The summed E-state index contributed by atoms with van der Waals surface area (Å²) in [6.07, 6.45) is 1.41. The first kappa shape index (κ1) is 12.6. The van der Waals surface area contributed by atoms with Gasteiger partial charge in [0.2, 0.25) is 0 Å². The maximum Gasteiger partial charge on any atom is 0.135 e. The van der Waals surface area contributed by atoms with Crippen molar-refractivity contribution in [3.63, 3.8) is 0 Å². The first-order valence-corrected chi connectivity index (χ1v) is 5.70. The summed E-state index contributed by atoms with van der Waals surface area (Å²) in [7, 11) is 1.75. The molecule has 2 N–H and O–H groups in total. The van der Waals surface area contributed by atoms with Crippen molar-refractivity contribution in [2.45, 2.75) is 6.92 Å². The highest BCUT2D eigenvalue weighted by Gasteiger charge is 2.07. The monoisotopic (exact) mass is 266 g/mol. The number of benzene rings is 1. The first-order chi connectivity index (χ1) is 8.60. The van der Waals surface area contributed by atoms with Crippen molar-refractivity contribution in [1.29, 1.82) is 0 Å². The Balaban J connectivity index is 2.30. The highest BCUT2D eigenvalue weighted by Crippen LogP contribution is 2.27. The van der Waals surface area contributed by atoms with Crippen molar-refractivity contribution in [2.24, 2.45) is 0 Å². The van der Waals surface area contributed by atoms with Gasteiger partial charge in [0.25, 0.3) is 0 Å². The van der Waals surface area contributed by atoms with Gasteiger partial charge in [0.15, 0.2) is 0 Å². The van der Waals surface area contributed by atoms with Gasteiger partial charge in [-0.25, -0.2) is 14.4 Å². The third-order valence-electron chi connectivity index (χ3n) is 2.43. The molecule has 6 heteroatoms. The van der Waals surface area contributed by atoms with Crippen LogP contribution in [0.4, 0.5) is 21.7 Å². The lowest BCUT2D eigenvalue weighted by molar-refractivity contribution is 0.619. The van der Waals surface area contributed by atoms with E-state index in [1.807, 2.05) is 0 Å². The van der Waals surface area contributed by atoms with E-state index in [1.165, 1.54) is 12.4 Å². The number of hydrogen-bond donors (Lipinski definition) is 2. The Morgan fingerprint density at radius 2 is 1.89 bits per heavy atom. The Morgan fingerprint density at radius 1 is 1.17 bits per heavy atom. The Bertz CT molecular complexity index is 574. The number of aryl methyl sites for hydroxylation is 1. The molecule has 18 heavy (non-hydrogen) atoms. The Morgan fingerprint density at radius 3 is 2.61 bits per heavy atom. The predicted octanol–water partition coefficient (Wildman–Crippen LogP) is 3.36. The van der Waals surface area contributed by atoms with Crippen LogP contribution in [-0.4, -0.2) is 17.0 Å². The number of aromatic nitrogens is 2. The lowest BCUT2D eigenvalue weighted by Crippen LogP contribution is -1.99. The van der Waals surface area contributed by atoms with Gasteiger partial charge in [0.1, 0.15) is 23.8 Å². The van der Waals surface area contributed by atoms with Gasteiger partial charge in [-0.1, -0.05) is 11.6 Å². The summed E-state index contributed by atoms with van der Waals surface area (Å²) in [5, 5.41) is 6.29. The molecule has 0 aliphatic carbocycles. The van der Waals surface area contributed by atoms with E-state index in [0.717, 1.165) is 0 Å². The lowest BCUT2D eigenvalue weighted by atomic mass is 10.2. The molecule has 0 radical (unpaired) electrons. The van der Waals surface area contributed by atoms with E-state index in [9.17, 15) is 4.39 Å². The number of rotatable bonds is 3. The quantitative estimate of drug-likeness (QED) is 0.894. The van der Waals surface area contributed by atoms with Crippen molar-refractivity contribution < 1.29 is 4.39 Å². The molecule has 1 aromatic carbocycles. The maximum atomic E-state index is 13.5. The second-order valence-corrected chi connectivity index (χ2v) is 4.15. The molecular weight excluding hydrogens is 255 g/mol. The molecule has 0 bridgehead atoms. The Labute approximate surface area is 109 Å². The summed E-state index contributed by atoms with van der Waals surface area (Å²) in [6, 6.07) is 4.62. The second-order valence-electron chi connectivity index (χ2n) is 3.74. The lowest BCUT2D eigenvalue weighted by Gasteiger charge is -2.09. The fourth-order valence-corrected chi connectivity index (χ4v) is 1.71. The number of halogens is 2. The first-order valence-electron chi connectivity index (χ1n) is 5.32. The predicted molar refractivity (Wildman–Crippen MR) is 71.0 cm³/mol. The van der Waals surface area contributed by atoms with Gasteiger partial charge in [0.05, 0.1) is 10.7 Å². The Hall–Kier alpha value is -1.88. The van der Waals surface area contributed by atoms with E-state index in [2.05, 4.69) is 20.6 Å². The zero-order valence-corrected chi connectivity index (χ0v) is 10.7. The molecule has 0 fully saturated rings. The van der Waals surface area contributed by atoms with Crippen LogP contribution in [0.25, 0.3) is 0 Å². The van der Waals surface area contributed by atoms with Gasteiger partial charge in [-0.05, 0) is 24.6 Å². The van der Waals surface area contributed by atoms with E-state index in [4.69, 9.17) is 11.6 Å². The minimum atomic E-state index is -0.315. The van der Waals surface area contributed by atoms with Crippen molar-refractivity contribution >= 4 is 28.9 Å². The van der Waals surface area contributed by atoms with Crippen LogP contribution >= 0.6 is 11.6 Å². The van der Waals surface area contributed by atoms with Crippen LogP contribution in [0.3, 0.4) is 0 Å². The van der Waals surface area contributed by atoms with Crippen LogP contribution in [0.15, 0.2) is 24.5 Å². The van der Waals surface area contributed by atoms with Crippen LogP contribution in [0.1, 0.15) is 5.56 Å². The zero-order valence-electron chi connectivity index (χ0n) is 9.96. The third kappa shape index (κ3) is 2.68. The minimum absolute atomic E-state index is 0.315. The molecular formula is C12H12ClFN4. The molecule has 94 valence electrons. The Kier molecular flexibility index (Phi) is 3.62. The molecule has 0 aliphatic heterocycles. The summed E-state index contributed by atoms with van der Waals surface area (Å²) in [5.74, 6) is 0.889. The summed E-state index contributed by atoms with van der Waals surface area (Å²) >= 11 is 6.04. The third-order valence-corrected chi connectivity index (χ3v) is 2.75. The maximum absolute atomic E-state index is 13.5. The molecule has 2 rings (SSSR count). The summed E-state index contributed by atoms with van der Waals surface area (Å²) < 4.78 is 13.5. The molecule has 0 saturated heterocycles. The average molecular weight is 267 g/mol. The van der Waals surface area contributed by atoms with Crippen LogP contribution in [0.2, 0.25) is 5.02 Å². The fraction of sp³-hybridized carbons (Fsp3) is 0.167. The summed E-state index contributed by atoms with van der Waals surface area (Å²) in [5.41, 5.74) is 0.977. The molecule has 0 amide bonds. The number of hydrogen-bond acceptors (Lipinski definition) is 4. The smallest absolute Gasteiger partial charge is 0.135 e. The van der Waals surface area contributed by atoms with Crippen LogP contribution < -0.4 is 10.6 Å². The average Bonchev–Trinajstić information content (AvgIpc) is 2.36. The van der Waals surface area contributed by atoms with Crippen molar-refractivity contribution in [3.8, 4) is 0 Å². The van der Waals surface area contributed by atoms with Crippen LogP contribution in [0, 0.1) is 12.7 Å². The highest BCUT2D eigenvalue weighted by molar-refractivity contribution is 6.33. The van der Waals surface area contributed by atoms with Gasteiger partial charge < -0.3 is 10.6 Å². The molecule has 0 spiro atoms. The van der Waals surface area contributed by atoms with Crippen LogP contribution in [0.5, 0.6) is 0 Å². The standard InChI is InChI=1S/C12H12ClFN4/c1-7-3-8(13)10(4-9(7)14)18-12-5-11(15-2)16-6-17-12/h3-6H,1-2H3,(H2,15,16,17,18). The van der Waals surface area contributed by atoms with E-state index < -0.39 is 0 Å². The molecule has 2 aromatic rings. The van der Waals surface area contributed by atoms with E-state index in [-0.39, 0.29) is 5.82 Å². The second kappa shape index (κ2) is 5.18. The van der Waals surface area contributed by atoms with E-state index >= 15 is 0 Å². The van der Waals surface area contributed by atoms with Crippen molar-refractivity contribution in [1.82, 2.24) is 9.97 Å². The SMILES string of the molecule is CNc1cc(Nc2cc(F)c(C)cc2Cl)ncn1. The molecule has 0 aliphatic rings. The summed E-state index contributed by atoms with van der Waals surface area (Å²) in [4.78, 5) is 8.02. The minimum Gasteiger partial charge on any atom is -0.373 e. The van der Waals surface area contributed by atoms with Gasteiger partial charge in [-0.3, -0.25) is 0 Å². The van der Waals surface area contributed by atoms with Gasteiger partial charge >= 0.3 is 0 Å². The van der Waals surface area contributed by atoms with Crippen molar-refractivity contribution in [3.05, 3.63) is 40.9 Å². The van der Waals surface area contributed by atoms with Crippen molar-refractivity contribution in [2.75, 3.05) is 17.7 Å². The van der Waals surface area contributed by atoms with Crippen LogP contribution in [-0.2, 0) is 0 Å². The molecule has 0 saturated carbocycles. The van der Waals surface area contributed by atoms with Gasteiger partial charge in [0, 0.05) is 13.1 Å². The largest absolute Gasteiger partial charge is 0.373 e. The van der Waals surface area contributed by atoms with E-state index in [1.54, 1.807) is 26.1 Å². The topological polar surface area (TPSA) is 49.8 Å². The normalized spacial score (nSPS) is 10.2. The molecule has 1 heterocycles. The fourth-order valence-electron chi connectivity index (χ4n) is 1.44. The number of nitrogens with zero attached hydrogens (tertiary/aromatic N) is 2. The van der Waals surface area contributed by atoms with E-state index in [0.29, 0.717) is 27.9 Å². The molecule has 0 atom stereocenters. The zero-order chi connectivity index (χ0) is 13.1. The van der Waals surface area contributed by atoms with Gasteiger partial charge in [-0.2, -0.15) is 0 Å².